The Kier molecular flexibility index (Phi) is 5.76. The van der Waals surface area contributed by atoms with Crippen LogP contribution in [-0.4, -0.2) is 50.1 Å². The Balaban J connectivity index is 1.54. The van der Waals surface area contributed by atoms with Crippen LogP contribution in [0.3, 0.4) is 0 Å². The van der Waals surface area contributed by atoms with Crippen molar-refractivity contribution in [3.63, 3.8) is 0 Å². The van der Waals surface area contributed by atoms with E-state index in [1.165, 1.54) is 5.56 Å². The van der Waals surface area contributed by atoms with Crippen LogP contribution in [0.25, 0.3) is 0 Å². The van der Waals surface area contributed by atoms with Crippen molar-refractivity contribution in [1.29, 1.82) is 0 Å². The van der Waals surface area contributed by atoms with Gasteiger partial charge in [0, 0.05) is 24.8 Å². The quantitative estimate of drug-likeness (QED) is 0.799. The Hall–Kier alpha value is -3.22. The molecule has 0 saturated heterocycles. The van der Waals surface area contributed by atoms with Gasteiger partial charge in [-0.3, -0.25) is 9.59 Å². The number of hydrogen-bond acceptors (Lipinski definition) is 5. The average Bonchev–Trinajstić information content (AvgIpc) is 2.78. The summed E-state index contributed by atoms with van der Waals surface area (Å²) in [5, 5.41) is 0. The predicted molar refractivity (Wildman–Crippen MR) is 118 cm³/mol. The molecule has 0 spiro atoms. The molecule has 2 aliphatic rings. The highest BCUT2D eigenvalue weighted by Gasteiger charge is 2.34. The summed E-state index contributed by atoms with van der Waals surface area (Å²) in [5.74, 6) is 0.819. The first kappa shape index (κ1) is 21.0. The summed E-state index contributed by atoms with van der Waals surface area (Å²) in [4.78, 5) is 29.2. The van der Waals surface area contributed by atoms with Crippen LogP contribution >= 0.6 is 0 Å². The lowest BCUT2D eigenvalue weighted by Crippen LogP contribution is -2.48. The van der Waals surface area contributed by atoms with Gasteiger partial charge < -0.3 is 25.0 Å². The summed E-state index contributed by atoms with van der Waals surface area (Å²) in [5.41, 5.74) is 9.73. The van der Waals surface area contributed by atoms with Crippen molar-refractivity contribution < 1.29 is 19.1 Å². The van der Waals surface area contributed by atoms with Crippen molar-refractivity contribution in [3.8, 4) is 11.5 Å². The molecule has 2 unspecified atom stereocenters. The first-order valence-electron chi connectivity index (χ1n) is 10.6. The predicted octanol–water partition coefficient (Wildman–Crippen LogP) is 2.46. The maximum absolute atomic E-state index is 13.3. The van der Waals surface area contributed by atoms with E-state index in [4.69, 9.17) is 15.2 Å². The molecule has 164 valence electrons. The highest BCUT2D eigenvalue weighted by Crippen LogP contribution is 2.38. The van der Waals surface area contributed by atoms with Crippen LogP contribution in [0.1, 0.15) is 36.0 Å². The largest absolute Gasteiger partial charge is 0.493 e. The molecule has 2 atom stereocenters. The Morgan fingerprint density at radius 2 is 1.77 bits per heavy atom. The number of hydrogen-bond donors (Lipinski definition) is 1. The Morgan fingerprint density at radius 3 is 2.45 bits per heavy atom. The highest BCUT2D eigenvalue weighted by atomic mass is 16.5. The molecule has 2 aromatic rings. The molecule has 2 heterocycles. The summed E-state index contributed by atoms with van der Waals surface area (Å²) in [6.45, 7) is 3.52. The van der Waals surface area contributed by atoms with Gasteiger partial charge in [-0.05, 0) is 54.7 Å². The molecule has 0 aromatic heterocycles. The first-order valence-corrected chi connectivity index (χ1v) is 10.6. The van der Waals surface area contributed by atoms with Crippen molar-refractivity contribution in [3.05, 3.63) is 53.1 Å². The number of fused-ring (bicyclic) bond motifs is 2. The van der Waals surface area contributed by atoms with E-state index in [1.807, 2.05) is 48.2 Å². The van der Waals surface area contributed by atoms with Crippen molar-refractivity contribution in [2.24, 2.45) is 5.73 Å². The third-order valence-corrected chi connectivity index (χ3v) is 6.45. The molecule has 2 N–H and O–H groups in total. The third kappa shape index (κ3) is 3.92. The van der Waals surface area contributed by atoms with Gasteiger partial charge in [-0.1, -0.05) is 18.2 Å². The zero-order chi connectivity index (χ0) is 22.1. The van der Waals surface area contributed by atoms with Gasteiger partial charge in [-0.2, -0.15) is 0 Å². The maximum atomic E-state index is 13.3. The fourth-order valence-corrected chi connectivity index (χ4v) is 4.73. The number of methoxy groups -OCH3 is 2. The number of nitrogens with zero attached hydrogens (tertiary/aromatic N) is 2. The van der Waals surface area contributed by atoms with Crippen molar-refractivity contribution in [2.75, 3.05) is 32.2 Å². The van der Waals surface area contributed by atoms with E-state index in [9.17, 15) is 9.59 Å². The molecular formula is C24H29N3O4. The van der Waals surface area contributed by atoms with Gasteiger partial charge in [0.05, 0.1) is 26.7 Å². The number of amides is 2. The van der Waals surface area contributed by atoms with Gasteiger partial charge in [0.1, 0.15) is 0 Å². The van der Waals surface area contributed by atoms with E-state index in [0.29, 0.717) is 31.0 Å². The minimum atomic E-state index is -0.318. The van der Waals surface area contributed by atoms with Gasteiger partial charge in [-0.25, -0.2) is 0 Å². The highest BCUT2D eigenvalue weighted by molar-refractivity contribution is 5.87. The normalized spacial score (nSPS) is 20.0. The smallest absolute Gasteiger partial charge is 0.242 e. The zero-order valence-electron chi connectivity index (χ0n) is 18.3. The fourth-order valence-electron chi connectivity index (χ4n) is 4.73. The van der Waals surface area contributed by atoms with E-state index in [0.717, 1.165) is 23.2 Å². The molecule has 2 aliphatic heterocycles. The third-order valence-electron chi connectivity index (χ3n) is 6.45. The molecule has 0 bridgehead atoms. The molecular weight excluding hydrogens is 394 g/mol. The zero-order valence-corrected chi connectivity index (χ0v) is 18.3. The second-order valence-corrected chi connectivity index (χ2v) is 8.27. The lowest BCUT2D eigenvalue weighted by atomic mass is 9.85. The number of nitrogens with two attached hydrogens (primary N) is 1. The number of carbonyl (C=O) groups excluding carboxylic acids is 2. The standard InChI is InChI=1S/C24H29N3O4/c1-15-10-19(24(25)29)18-6-4-5-7-20(18)27(15)14-23(28)26-9-8-16-11-21(30-2)22(31-3)12-17(16)13-26/h4-7,11-12,15,19H,8-10,13-14H2,1-3H3,(H2,25,29). The van der Waals surface area contributed by atoms with Crippen LogP contribution in [0.4, 0.5) is 5.69 Å². The van der Waals surface area contributed by atoms with E-state index in [2.05, 4.69) is 4.90 Å². The Morgan fingerprint density at radius 1 is 1.10 bits per heavy atom. The van der Waals surface area contributed by atoms with Gasteiger partial charge in [0.2, 0.25) is 11.8 Å². The number of para-hydroxylation sites is 1. The number of ether oxygens (including phenoxy) is 2. The molecule has 0 radical (unpaired) electrons. The van der Waals surface area contributed by atoms with Gasteiger partial charge in [0.15, 0.2) is 11.5 Å². The van der Waals surface area contributed by atoms with Gasteiger partial charge >= 0.3 is 0 Å². The fraction of sp³-hybridized carbons (Fsp3) is 0.417. The summed E-state index contributed by atoms with van der Waals surface area (Å²) >= 11 is 0. The lowest BCUT2D eigenvalue weighted by Gasteiger charge is -2.41. The minimum absolute atomic E-state index is 0.0396. The van der Waals surface area contributed by atoms with Crippen molar-refractivity contribution >= 4 is 17.5 Å². The number of anilines is 1. The SMILES string of the molecule is COc1cc2c(cc1OC)CN(C(=O)CN1c3ccccc3C(C(N)=O)CC1C)CC2. The topological polar surface area (TPSA) is 85.1 Å². The molecule has 2 aromatic carbocycles. The monoisotopic (exact) mass is 423 g/mol. The number of primary amides is 1. The Bertz CT molecular complexity index is 1010. The summed E-state index contributed by atoms with van der Waals surface area (Å²) in [6, 6.07) is 11.8. The minimum Gasteiger partial charge on any atom is -0.493 e. The van der Waals surface area contributed by atoms with E-state index < -0.39 is 0 Å². The number of carbonyl (C=O) groups is 2. The van der Waals surface area contributed by atoms with Crippen LogP contribution in [0.2, 0.25) is 0 Å². The number of benzene rings is 2. The molecule has 4 rings (SSSR count). The van der Waals surface area contributed by atoms with Crippen LogP contribution in [-0.2, 0) is 22.6 Å². The lowest BCUT2D eigenvalue weighted by molar-refractivity contribution is -0.130. The van der Waals surface area contributed by atoms with E-state index in [-0.39, 0.29) is 30.3 Å². The summed E-state index contributed by atoms with van der Waals surface area (Å²) in [7, 11) is 3.24. The van der Waals surface area contributed by atoms with Gasteiger partial charge in [-0.15, -0.1) is 0 Å². The summed E-state index contributed by atoms with van der Waals surface area (Å²) < 4.78 is 10.8. The van der Waals surface area contributed by atoms with E-state index in [1.54, 1.807) is 14.2 Å². The number of rotatable bonds is 5. The molecule has 0 aliphatic carbocycles. The molecule has 31 heavy (non-hydrogen) atoms. The Labute approximate surface area is 182 Å². The molecule has 0 saturated carbocycles. The van der Waals surface area contributed by atoms with Gasteiger partial charge in [0.25, 0.3) is 0 Å². The van der Waals surface area contributed by atoms with Crippen molar-refractivity contribution in [1.82, 2.24) is 4.90 Å². The van der Waals surface area contributed by atoms with Crippen molar-refractivity contribution in [2.45, 2.75) is 38.3 Å². The second kappa shape index (κ2) is 8.49. The molecule has 2 amide bonds. The van der Waals surface area contributed by atoms with Crippen LogP contribution in [0.5, 0.6) is 11.5 Å². The molecule has 7 heteroatoms. The molecule has 0 fully saturated rings. The summed E-state index contributed by atoms with van der Waals surface area (Å²) in [6.07, 6.45) is 1.39. The van der Waals surface area contributed by atoms with Crippen LogP contribution < -0.4 is 20.1 Å². The van der Waals surface area contributed by atoms with E-state index >= 15 is 0 Å². The maximum Gasteiger partial charge on any atom is 0.242 e. The molecule has 7 nitrogen and oxygen atoms in total. The van der Waals surface area contributed by atoms with Crippen LogP contribution in [0, 0.1) is 0 Å². The average molecular weight is 424 g/mol. The van der Waals surface area contributed by atoms with Crippen LogP contribution in [0.15, 0.2) is 36.4 Å². The second-order valence-electron chi connectivity index (χ2n) is 8.27. The first-order chi connectivity index (χ1) is 14.9.